The Bertz CT molecular complexity index is 111. The molecule has 0 atom stereocenters. The van der Waals surface area contributed by atoms with Crippen molar-refractivity contribution >= 4 is 0 Å². The van der Waals surface area contributed by atoms with Gasteiger partial charge in [0.15, 0.2) is 0 Å². The summed E-state index contributed by atoms with van der Waals surface area (Å²) in [5.74, 6) is 0. The van der Waals surface area contributed by atoms with Crippen LogP contribution in [0.3, 0.4) is 0 Å². The molecule has 1 aliphatic heterocycles. The zero-order valence-corrected chi connectivity index (χ0v) is 7.32. The number of hydrogen-bond donors (Lipinski definition) is 0. The van der Waals surface area contributed by atoms with Crippen LogP contribution in [0, 0.1) is 11.8 Å². The molecule has 0 amide bonds. The third-order valence-corrected chi connectivity index (χ3v) is 1.83. The molecule has 0 N–H and O–H groups in total. The third-order valence-electron chi connectivity index (χ3n) is 1.83. The van der Waals surface area contributed by atoms with Crippen molar-refractivity contribution in [1.29, 1.82) is 0 Å². The van der Waals surface area contributed by atoms with E-state index < -0.39 is 0 Å². The number of ether oxygens (including phenoxy) is 1. The van der Waals surface area contributed by atoms with Crippen LogP contribution in [0.5, 0.6) is 0 Å². The largest absolute Gasteiger partial charge is 0.375 e. The van der Waals surface area contributed by atoms with Gasteiger partial charge in [0.05, 0.1) is 5.60 Å². The van der Waals surface area contributed by atoms with E-state index in [1.165, 1.54) is 0 Å². The number of rotatable bonds is 0. The minimum absolute atomic E-state index is 0.137. The SMILES string of the molecule is CC1(C)[C]C(C)(C)OCC1. The van der Waals surface area contributed by atoms with E-state index in [9.17, 15) is 0 Å². The molecule has 0 aromatic carbocycles. The molecule has 2 radical (unpaired) electrons. The lowest BCUT2D eigenvalue weighted by molar-refractivity contribution is -0.0494. The smallest absolute Gasteiger partial charge is 0.0701 e. The Kier molecular flexibility index (Phi) is 1.80. The van der Waals surface area contributed by atoms with Crippen LogP contribution in [0.15, 0.2) is 0 Å². The molecule has 1 heterocycles. The highest BCUT2D eigenvalue weighted by atomic mass is 16.5. The summed E-state index contributed by atoms with van der Waals surface area (Å²) in [4.78, 5) is 0. The summed E-state index contributed by atoms with van der Waals surface area (Å²) in [5.41, 5.74) is 0.101. The van der Waals surface area contributed by atoms with Gasteiger partial charge in [-0.2, -0.15) is 0 Å². The lowest BCUT2D eigenvalue weighted by atomic mass is 9.77. The molecule has 0 aliphatic carbocycles. The van der Waals surface area contributed by atoms with Crippen LogP contribution in [0.25, 0.3) is 0 Å². The number of hydrogen-bond acceptors (Lipinski definition) is 1. The molecular formula is C9H16O. The molecule has 0 saturated carbocycles. The summed E-state index contributed by atoms with van der Waals surface area (Å²) in [6.07, 6.45) is 4.50. The van der Waals surface area contributed by atoms with Gasteiger partial charge in [0.2, 0.25) is 0 Å². The second-order valence-corrected chi connectivity index (χ2v) is 4.12. The first-order chi connectivity index (χ1) is 4.41. The van der Waals surface area contributed by atoms with Crippen LogP contribution in [0.4, 0.5) is 0 Å². The normalized spacial score (nSPS) is 30.0. The molecule has 0 aromatic heterocycles. The van der Waals surface area contributed by atoms with E-state index in [2.05, 4.69) is 34.1 Å². The van der Waals surface area contributed by atoms with Gasteiger partial charge >= 0.3 is 0 Å². The summed E-state index contributed by atoms with van der Waals surface area (Å²) in [5, 5.41) is 0. The Morgan fingerprint density at radius 1 is 1.20 bits per heavy atom. The maximum atomic E-state index is 5.49. The molecule has 1 heteroatoms. The van der Waals surface area contributed by atoms with Gasteiger partial charge in [-0.3, -0.25) is 0 Å². The molecule has 0 aromatic rings. The topological polar surface area (TPSA) is 9.23 Å². The van der Waals surface area contributed by atoms with Crippen molar-refractivity contribution in [3.8, 4) is 0 Å². The first kappa shape index (κ1) is 8.06. The quantitative estimate of drug-likeness (QED) is 0.501. The molecule has 0 unspecified atom stereocenters. The minimum atomic E-state index is -0.137. The summed E-state index contributed by atoms with van der Waals surface area (Å²) in [6.45, 7) is 9.41. The van der Waals surface area contributed by atoms with E-state index in [-0.39, 0.29) is 11.0 Å². The highest BCUT2D eigenvalue weighted by Crippen LogP contribution is 2.36. The second-order valence-electron chi connectivity index (χ2n) is 4.12. The van der Waals surface area contributed by atoms with E-state index in [0.29, 0.717) is 0 Å². The minimum Gasteiger partial charge on any atom is -0.375 e. The lowest BCUT2D eigenvalue weighted by Gasteiger charge is -2.39. The average Bonchev–Trinajstić information content (AvgIpc) is 1.56. The van der Waals surface area contributed by atoms with Crippen molar-refractivity contribution in [2.45, 2.75) is 39.7 Å². The van der Waals surface area contributed by atoms with Crippen molar-refractivity contribution in [1.82, 2.24) is 0 Å². The van der Waals surface area contributed by atoms with Crippen LogP contribution >= 0.6 is 0 Å². The van der Waals surface area contributed by atoms with E-state index in [1.807, 2.05) is 0 Å². The van der Waals surface area contributed by atoms with E-state index >= 15 is 0 Å². The molecule has 0 spiro atoms. The van der Waals surface area contributed by atoms with Gasteiger partial charge in [-0.15, -0.1) is 0 Å². The molecule has 1 fully saturated rings. The third kappa shape index (κ3) is 1.98. The average molecular weight is 140 g/mol. The van der Waals surface area contributed by atoms with E-state index in [1.54, 1.807) is 0 Å². The van der Waals surface area contributed by atoms with Gasteiger partial charge in [0.25, 0.3) is 0 Å². The second kappa shape index (κ2) is 2.23. The van der Waals surface area contributed by atoms with Gasteiger partial charge in [0.1, 0.15) is 0 Å². The lowest BCUT2D eigenvalue weighted by Crippen LogP contribution is -2.38. The molecule has 1 aliphatic rings. The van der Waals surface area contributed by atoms with Crippen molar-refractivity contribution in [2.24, 2.45) is 5.41 Å². The Hall–Kier alpha value is -0.0400. The fourth-order valence-electron chi connectivity index (χ4n) is 1.47. The van der Waals surface area contributed by atoms with Crippen molar-refractivity contribution in [3.05, 3.63) is 6.42 Å². The summed E-state index contributed by atoms with van der Waals surface area (Å²) < 4.78 is 5.49. The van der Waals surface area contributed by atoms with Crippen LogP contribution in [0.2, 0.25) is 0 Å². The molecule has 10 heavy (non-hydrogen) atoms. The van der Waals surface area contributed by atoms with Gasteiger partial charge < -0.3 is 4.74 Å². The molecule has 0 bridgehead atoms. The maximum absolute atomic E-state index is 5.49. The van der Waals surface area contributed by atoms with Gasteiger partial charge in [-0.25, -0.2) is 0 Å². The fraction of sp³-hybridized carbons (Fsp3) is 0.889. The monoisotopic (exact) mass is 140 g/mol. The van der Waals surface area contributed by atoms with Gasteiger partial charge in [0, 0.05) is 13.0 Å². The highest BCUT2D eigenvalue weighted by Gasteiger charge is 2.34. The van der Waals surface area contributed by atoms with Crippen LogP contribution in [0.1, 0.15) is 34.1 Å². The highest BCUT2D eigenvalue weighted by molar-refractivity contribution is 5.00. The van der Waals surface area contributed by atoms with Crippen LogP contribution in [-0.2, 0) is 4.74 Å². The van der Waals surface area contributed by atoms with E-state index in [4.69, 9.17) is 4.74 Å². The Balaban J connectivity index is 2.56. The maximum Gasteiger partial charge on any atom is 0.0701 e. The molecule has 58 valence electrons. The molecule has 1 saturated heterocycles. The molecule has 1 rings (SSSR count). The molecular weight excluding hydrogens is 124 g/mol. The summed E-state index contributed by atoms with van der Waals surface area (Å²) in [7, 11) is 0. The fourth-order valence-corrected chi connectivity index (χ4v) is 1.47. The Morgan fingerprint density at radius 3 is 2.10 bits per heavy atom. The summed E-state index contributed by atoms with van der Waals surface area (Å²) >= 11 is 0. The zero-order valence-electron chi connectivity index (χ0n) is 7.32. The first-order valence-electron chi connectivity index (χ1n) is 3.85. The van der Waals surface area contributed by atoms with Crippen LogP contribution < -0.4 is 0 Å². The van der Waals surface area contributed by atoms with Gasteiger partial charge in [-0.1, -0.05) is 13.8 Å². The van der Waals surface area contributed by atoms with Crippen molar-refractivity contribution in [3.63, 3.8) is 0 Å². The Labute approximate surface area is 63.8 Å². The predicted molar refractivity (Wildman–Crippen MR) is 41.7 cm³/mol. The first-order valence-corrected chi connectivity index (χ1v) is 3.85. The van der Waals surface area contributed by atoms with Crippen LogP contribution in [-0.4, -0.2) is 12.2 Å². The zero-order chi connectivity index (χ0) is 7.83. The van der Waals surface area contributed by atoms with Crippen molar-refractivity contribution in [2.75, 3.05) is 6.61 Å². The Morgan fingerprint density at radius 2 is 1.80 bits per heavy atom. The van der Waals surface area contributed by atoms with Crippen molar-refractivity contribution < 1.29 is 4.74 Å². The summed E-state index contributed by atoms with van der Waals surface area (Å²) in [6, 6.07) is 0. The molecule has 1 nitrogen and oxygen atoms in total. The van der Waals surface area contributed by atoms with E-state index in [0.717, 1.165) is 13.0 Å². The predicted octanol–water partition coefficient (Wildman–Crippen LogP) is 2.29. The standard InChI is InChI=1S/C9H16O/c1-8(2)5-6-10-9(3,4)7-8/h5-6H2,1-4H3. The van der Waals surface area contributed by atoms with Gasteiger partial charge in [-0.05, 0) is 25.7 Å².